The van der Waals surface area contributed by atoms with E-state index in [1.807, 2.05) is 6.92 Å². The van der Waals surface area contributed by atoms with Gasteiger partial charge in [-0.2, -0.15) is 0 Å². The Kier molecular flexibility index (Phi) is 8.92. The molecule has 0 saturated heterocycles. The molecular formula is C27H24F2N7O2S+. The van der Waals surface area contributed by atoms with Gasteiger partial charge in [0, 0.05) is 35.0 Å². The highest BCUT2D eigenvalue weighted by molar-refractivity contribution is 7.15. The minimum Gasteiger partial charge on any atom is -0.494 e. The number of rotatable bonds is 7. The molecule has 39 heavy (non-hydrogen) atoms. The summed E-state index contributed by atoms with van der Waals surface area (Å²) in [6.07, 6.45) is 5.02. The molecule has 0 aromatic carbocycles. The van der Waals surface area contributed by atoms with Crippen LogP contribution in [0.2, 0.25) is 0 Å². The van der Waals surface area contributed by atoms with Crippen LogP contribution in [0.15, 0.2) is 36.3 Å². The number of aromatic nitrogens is 4. The van der Waals surface area contributed by atoms with E-state index in [1.165, 1.54) is 37.8 Å². The molecule has 1 aliphatic carbocycles. The number of amides is 1. The summed E-state index contributed by atoms with van der Waals surface area (Å²) in [4.78, 5) is 24.3. The predicted molar refractivity (Wildman–Crippen MR) is 143 cm³/mol. The molecule has 1 amide bonds. The van der Waals surface area contributed by atoms with Crippen molar-refractivity contribution >= 4 is 28.6 Å². The zero-order valence-corrected chi connectivity index (χ0v) is 21.9. The maximum Gasteiger partial charge on any atom is 0.280 e. The summed E-state index contributed by atoms with van der Waals surface area (Å²) < 4.78 is 32.4. The number of pyridine rings is 2. The fraction of sp³-hybridized carbons (Fsp3) is 0.259. The lowest BCUT2D eigenvalue weighted by atomic mass is 9.99. The molecule has 0 spiro atoms. The molecule has 1 fully saturated rings. The van der Waals surface area contributed by atoms with Crippen molar-refractivity contribution in [2.24, 2.45) is 11.7 Å². The van der Waals surface area contributed by atoms with E-state index in [0.717, 1.165) is 29.8 Å². The highest BCUT2D eigenvalue weighted by atomic mass is 32.1. The van der Waals surface area contributed by atoms with Crippen molar-refractivity contribution in [3.8, 4) is 40.6 Å². The van der Waals surface area contributed by atoms with Gasteiger partial charge in [-0.05, 0) is 49.7 Å². The zero-order chi connectivity index (χ0) is 27.8. The van der Waals surface area contributed by atoms with Crippen LogP contribution in [-0.2, 0) is 0 Å². The van der Waals surface area contributed by atoms with E-state index in [1.54, 1.807) is 6.21 Å². The van der Waals surface area contributed by atoms with Crippen molar-refractivity contribution in [1.82, 2.24) is 20.2 Å². The molecule has 3 aromatic rings. The van der Waals surface area contributed by atoms with E-state index in [-0.39, 0.29) is 27.6 Å². The van der Waals surface area contributed by atoms with Crippen LogP contribution in [-0.4, -0.2) is 45.9 Å². The first kappa shape index (κ1) is 27.4. The Morgan fingerprint density at radius 1 is 1.26 bits per heavy atom. The summed E-state index contributed by atoms with van der Waals surface area (Å²) in [7, 11) is 1.38. The summed E-state index contributed by atoms with van der Waals surface area (Å²) in [5, 5.41) is 11.4. The number of hydrogen-bond acceptors (Lipinski definition) is 8. The molecule has 3 aromatic heterocycles. The van der Waals surface area contributed by atoms with Crippen molar-refractivity contribution in [1.29, 1.82) is 0 Å². The minimum atomic E-state index is -2.82. The third kappa shape index (κ3) is 7.43. The first-order chi connectivity index (χ1) is 18.9. The smallest absolute Gasteiger partial charge is 0.280 e. The van der Waals surface area contributed by atoms with E-state index < -0.39 is 18.0 Å². The van der Waals surface area contributed by atoms with Gasteiger partial charge in [0.1, 0.15) is 17.1 Å². The van der Waals surface area contributed by atoms with Crippen LogP contribution in [0, 0.1) is 29.6 Å². The lowest BCUT2D eigenvalue weighted by molar-refractivity contribution is -0.435. The van der Waals surface area contributed by atoms with Gasteiger partial charge in [0.15, 0.2) is 11.2 Å². The van der Waals surface area contributed by atoms with Gasteiger partial charge in [0.25, 0.3) is 12.3 Å². The SMILES string of the molecule is COc1cnc(C(F)F)cc1-c1cc(C#CC[NH+]=C/C(C)=C\N)ncc1C(=O)Nc1nnc(C#CC2CC2)s1. The fourth-order valence-electron chi connectivity index (χ4n) is 3.21. The third-order valence-corrected chi connectivity index (χ3v) is 6.13. The Bertz CT molecular complexity index is 1560. The second-order valence-corrected chi connectivity index (χ2v) is 9.35. The molecule has 4 rings (SSSR count). The van der Waals surface area contributed by atoms with Gasteiger partial charge in [-0.25, -0.2) is 18.8 Å². The van der Waals surface area contributed by atoms with Crippen molar-refractivity contribution in [2.75, 3.05) is 19.0 Å². The topological polar surface area (TPSA) is 130 Å². The normalized spacial score (nSPS) is 13.0. The highest BCUT2D eigenvalue weighted by Gasteiger charge is 2.22. The number of carbonyl (C=O) groups excluding carboxylic acids is 1. The first-order valence-electron chi connectivity index (χ1n) is 11.8. The highest BCUT2D eigenvalue weighted by Crippen LogP contribution is 2.35. The number of allylic oxidation sites excluding steroid dienone is 1. The lowest BCUT2D eigenvalue weighted by Gasteiger charge is -2.14. The largest absolute Gasteiger partial charge is 0.494 e. The number of alkyl halides is 2. The van der Waals surface area contributed by atoms with E-state index in [9.17, 15) is 13.6 Å². The summed E-state index contributed by atoms with van der Waals surface area (Å²) in [6, 6.07) is 2.72. The molecular weight excluding hydrogens is 524 g/mol. The third-order valence-electron chi connectivity index (χ3n) is 5.38. The van der Waals surface area contributed by atoms with Crippen LogP contribution in [0.1, 0.15) is 52.9 Å². The standard InChI is InChI=1S/C27H23F2N7O2S/c1-16(12-30)13-31-9-3-4-18-10-19(20-11-22(25(28)29)33-15-23(20)38-2)21(14-32-18)26(37)34-27-36-35-24(39-27)8-7-17-5-6-17/h10-15,17,25H,5-6,9,30H2,1-2H3,(H,34,36,37)/p+1/b16-12-,31-13?. The number of ether oxygens (including phenoxy) is 1. The van der Waals surface area contributed by atoms with Crippen molar-refractivity contribution < 1.29 is 23.3 Å². The second kappa shape index (κ2) is 12.7. The molecule has 9 nitrogen and oxygen atoms in total. The van der Waals surface area contributed by atoms with Crippen LogP contribution in [0.3, 0.4) is 0 Å². The number of halogens is 2. The molecule has 0 aliphatic heterocycles. The van der Waals surface area contributed by atoms with Gasteiger partial charge in [0.2, 0.25) is 11.7 Å². The molecule has 4 N–H and O–H groups in total. The molecule has 0 unspecified atom stereocenters. The second-order valence-electron chi connectivity index (χ2n) is 8.37. The Balaban J connectivity index is 1.68. The fourth-order valence-corrected chi connectivity index (χ4v) is 3.81. The van der Waals surface area contributed by atoms with Gasteiger partial charge in [-0.3, -0.25) is 15.1 Å². The Morgan fingerprint density at radius 2 is 2.08 bits per heavy atom. The van der Waals surface area contributed by atoms with E-state index in [0.29, 0.717) is 23.2 Å². The van der Waals surface area contributed by atoms with E-state index >= 15 is 0 Å². The number of nitrogens with zero attached hydrogens (tertiary/aromatic N) is 4. The molecule has 0 radical (unpaired) electrons. The lowest BCUT2D eigenvalue weighted by Crippen LogP contribution is -2.68. The quantitative estimate of drug-likeness (QED) is 0.305. The van der Waals surface area contributed by atoms with Crippen LogP contribution < -0.4 is 20.8 Å². The van der Waals surface area contributed by atoms with Gasteiger partial charge < -0.3 is 10.5 Å². The number of carbonyl (C=O) groups is 1. The van der Waals surface area contributed by atoms with Crippen LogP contribution >= 0.6 is 11.3 Å². The minimum absolute atomic E-state index is 0.0984. The number of nitrogens with two attached hydrogens (primary N) is 1. The number of methoxy groups -OCH3 is 1. The molecule has 1 saturated carbocycles. The summed E-state index contributed by atoms with van der Waals surface area (Å²) in [6.45, 7) is 2.14. The average molecular weight is 549 g/mol. The zero-order valence-electron chi connectivity index (χ0n) is 21.1. The monoisotopic (exact) mass is 548 g/mol. The van der Waals surface area contributed by atoms with Crippen molar-refractivity contribution in [2.45, 2.75) is 26.2 Å². The number of nitrogens with one attached hydrogen (secondary N) is 2. The summed E-state index contributed by atoms with van der Waals surface area (Å²) in [5.74, 6) is 11.9. The van der Waals surface area contributed by atoms with Crippen LogP contribution in [0.4, 0.5) is 13.9 Å². The van der Waals surface area contributed by atoms with Crippen molar-refractivity contribution in [3.63, 3.8) is 0 Å². The molecule has 3 heterocycles. The number of anilines is 1. The molecule has 198 valence electrons. The predicted octanol–water partition coefficient (Wildman–Crippen LogP) is 2.32. The van der Waals surface area contributed by atoms with Gasteiger partial charge in [-0.15, -0.1) is 10.2 Å². The van der Waals surface area contributed by atoms with E-state index in [4.69, 9.17) is 10.5 Å². The van der Waals surface area contributed by atoms with Gasteiger partial charge in [-0.1, -0.05) is 17.3 Å². The van der Waals surface area contributed by atoms with Crippen LogP contribution in [0.5, 0.6) is 5.75 Å². The summed E-state index contributed by atoms with van der Waals surface area (Å²) >= 11 is 1.14. The first-order valence-corrected chi connectivity index (χ1v) is 12.6. The van der Waals surface area contributed by atoms with Gasteiger partial charge >= 0.3 is 0 Å². The van der Waals surface area contributed by atoms with E-state index in [2.05, 4.69) is 54.2 Å². The molecule has 0 bridgehead atoms. The Morgan fingerprint density at radius 3 is 2.79 bits per heavy atom. The average Bonchev–Trinajstić information content (AvgIpc) is 3.68. The maximum absolute atomic E-state index is 13.5. The van der Waals surface area contributed by atoms with Crippen molar-refractivity contribution in [3.05, 3.63) is 58.3 Å². The summed E-state index contributed by atoms with van der Waals surface area (Å²) in [5.41, 5.74) is 6.74. The van der Waals surface area contributed by atoms with Crippen LogP contribution in [0.25, 0.3) is 11.1 Å². The molecule has 12 heteroatoms. The maximum atomic E-state index is 13.5. The number of hydrogen-bond donors (Lipinski definition) is 3. The molecule has 1 aliphatic rings. The van der Waals surface area contributed by atoms with Gasteiger partial charge in [0.05, 0.1) is 18.9 Å². The Labute approximate surface area is 227 Å². The molecule has 0 atom stereocenters. The Hall–Kier alpha value is -4.68.